The quantitative estimate of drug-likeness (QED) is 0.660. The SMILES string of the molecule is Cc1ccc(C)c(S(=O)(=O)C2(C(=O)NCCOCC(=O)O)CCCC2)c1. The van der Waals surface area contributed by atoms with E-state index in [1.54, 1.807) is 19.1 Å². The zero-order valence-electron chi connectivity index (χ0n) is 15.1. The van der Waals surface area contributed by atoms with E-state index in [1.807, 2.05) is 13.0 Å². The van der Waals surface area contributed by atoms with E-state index in [9.17, 15) is 18.0 Å². The van der Waals surface area contributed by atoms with Crippen molar-refractivity contribution < 1.29 is 27.9 Å². The van der Waals surface area contributed by atoms with Gasteiger partial charge in [0.2, 0.25) is 5.91 Å². The van der Waals surface area contributed by atoms with Crippen molar-refractivity contribution in [3.05, 3.63) is 29.3 Å². The predicted molar refractivity (Wildman–Crippen MR) is 95.8 cm³/mol. The summed E-state index contributed by atoms with van der Waals surface area (Å²) in [5, 5.41) is 11.1. The molecular formula is C18H25NO6S. The first-order chi connectivity index (χ1) is 12.2. The Labute approximate surface area is 153 Å². The van der Waals surface area contributed by atoms with E-state index in [1.165, 1.54) is 0 Å². The fourth-order valence-corrected chi connectivity index (χ4v) is 5.72. The van der Waals surface area contributed by atoms with Gasteiger partial charge >= 0.3 is 5.97 Å². The smallest absolute Gasteiger partial charge is 0.329 e. The fourth-order valence-electron chi connectivity index (χ4n) is 3.33. The van der Waals surface area contributed by atoms with Gasteiger partial charge in [0, 0.05) is 6.54 Å². The normalized spacial score (nSPS) is 16.4. The molecule has 0 heterocycles. The van der Waals surface area contributed by atoms with Crippen LogP contribution in [-0.2, 0) is 24.2 Å². The number of hydrogen-bond donors (Lipinski definition) is 2. The van der Waals surface area contributed by atoms with Gasteiger partial charge in [-0.15, -0.1) is 0 Å². The number of aliphatic carboxylic acids is 1. The first-order valence-electron chi connectivity index (χ1n) is 8.60. The minimum atomic E-state index is -3.86. The third kappa shape index (κ3) is 4.07. The number of nitrogens with one attached hydrogen (secondary N) is 1. The van der Waals surface area contributed by atoms with E-state index in [4.69, 9.17) is 9.84 Å². The number of aryl methyl sites for hydroxylation is 2. The van der Waals surface area contributed by atoms with Crippen LogP contribution in [0.4, 0.5) is 0 Å². The van der Waals surface area contributed by atoms with Crippen LogP contribution in [0.2, 0.25) is 0 Å². The fraction of sp³-hybridized carbons (Fsp3) is 0.556. The van der Waals surface area contributed by atoms with Gasteiger partial charge in [0.05, 0.1) is 11.5 Å². The van der Waals surface area contributed by atoms with Crippen molar-refractivity contribution in [2.75, 3.05) is 19.8 Å². The summed E-state index contributed by atoms with van der Waals surface area (Å²) in [4.78, 5) is 23.4. The van der Waals surface area contributed by atoms with Crippen LogP contribution in [0.5, 0.6) is 0 Å². The molecule has 144 valence electrons. The minimum Gasteiger partial charge on any atom is -0.480 e. The Kier molecular flexibility index (Phi) is 6.41. The van der Waals surface area contributed by atoms with Gasteiger partial charge in [-0.05, 0) is 43.9 Å². The number of carboxylic acid groups (broad SMARTS) is 1. The topological polar surface area (TPSA) is 110 Å². The lowest BCUT2D eigenvalue weighted by atomic mass is 10.1. The molecule has 0 bridgehead atoms. The number of carbonyl (C=O) groups excluding carboxylic acids is 1. The van der Waals surface area contributed by atoms with Gasteiger partial charge in [0.25, 0.3) is 0 Å². The van der Waals surface area contributed by atoms with Crippen LogP contribution < -0.4 is 5.32 Å². The van der Waals surface area contributed by atoms with Crippen LogP contribution in [0.1, 0.15) is 36.8 Å². The molecule has 1 amide bonds. The molecule has 0 aliphatic heterocycles. The highest BCUT2D eigenvalue weighted by atomic mass is 32.2. The van der Waals surface area contributed by atoms with Crippen LogP contribution in [0.25, 0.3) is 0 Å². The maximum Gasteiger partial charge on any atom is 0.329 e. The summed E-state index contributed by atoms with van der Waals surface area (Å²) >= 11 is 0. The third-order valence-electron chi connectivity index (χ3n) is 4.73. The van der Waals surface area contributed by atoms with E-state index in [0.717, 1.165) is 5.56 Å². The summed E-state index contributed by atoms with van der Waals surface area (Å²) in [7, 11) is -3.86. The molecule has 26 heavy (non-hydrogen) atoms. The summed E-state index contributed by atoms with van der Waals surface area (Å²) in [5.41, 5.74) is 1.45. The van der Waals surface area contributed by atoms with E-state index in [0.29, 0.717) is 18.4 Å². The van der Waals surface area contributed by atoms with Gasteiger partial charge < -0.3 is 15.2 Å². The van der Waals surface area contributed by atoms with Crippen LogP contribution in [-0.4, -0.2) is 49.9 Å². The lowest BCUT2D eigenvalue weighted by molar-refractivity contribution is -0.142. The molecule has 0 unspecified atom stereocenters. The average Bonchev–Trinajstić information content (AvgIpc) is 3.08. The van der Waals surface area contributed by atoms with Crippen molar-refractivity contribution in [1.29, 1.82) is 0 Å². The number of hydrogen-bond acceptors (Lipinski definition) is 5. The Morgan fingerprint density at radius 2 is 1.88 bits per heavy atom. The molecule has 1 aromatic carbocycles. The highest BCUT2D eigenvalue weighted by Crippen LogP contribution is 2.41. The van der Waals surface area contributed by atoms with E-state index in [-0.39, 0.29) is 30.9 Å². The van der Waals surface area contributed by atoms with Crippen molar-refractivity contribution in [2.45, 2.75) is 49.2 Å². The molecule has 2 N–H and O–H groups in total. The van der Waals surface area contributed by atoms with Crippen LogP contribution in [0.15, 0.2) is 23.1 Å². The first-order valence-corrected chi connectivity index (χ1v) is 10.1. The molecule has 1 aromatic rings. The maximum absolute atomic E-state index is 13.4. The number of ether oxygens (including phenoxy) is 1. The standard InChI is InChI=1S/C18H25NO6S/c1-13-5-6-14(2)15(11-13)26(23,24)18(7-3-4-8-18)17(22)19-9-10-25-12-16(20)21/h5-6,11H,3-4,7-10,12H2,1-2H3,(H,19,22)(H,20,21). The van der Waals surface area contributed by atoms with Crippen molar-refractivity contribution >= 4 is 21.7 Å². The molecule has 2 rings (SSSR count). The van der Waals surface area contributed by atoms with Crippen molar-refractivity contribution in [1.82, 2.24) is 5.32 Å². The minimum absolute atomic E-state index is 0.0115. The Morgan fingerprint density at radius 1 is 1.23 bits per heavy atom. The molecule has 7 nitrogen and oxygen atoms in total. The van der Waals surface area contributed by atoms with Gasteiger partial charge in [-0.25, -0.2) is 13.2 Å². The number of carbonyl (C=O) groups is 2. The molecule has 0 atom stereocenters. The van der Waals surface area contributed by atoms with Gasteiger partial charge in [0.15, 0.2) is 14.6 Å². The largest absolute Gasteiger partial charge is 0.480 e. The molecule has 0 radical (unpaired) electrons. The molecular weight excluding hydrogens is 358 g/mol. The van der Waals surface area contributed by atoms with Crippen molar-refractivity contribution in [2.24, 2.45) is 0 Å². The van der Waals surface area contributed by atoms with Gasteiger partial charge in [-0.1, -0.05) is 25.0 Å². The van der Waals surface area contributed by atoms with Crippen LogP contribution in [0.3, 0.4) is 0 Å². The third-order valence-corrected chi connectivity index (χ3v) is 7.37. The Hall–Kier alpha value is -1.93. The van der Waals surface area contributed by atoms with E-state index >= 15 is 0 Å². The second-order valence-electron chi connectivity index (χ2n) is 6.68. The molecule has 0 spiro atoms. The lowest BCUT2D eigenvalue weighted by Crippen LogP contribution is -2.51. The number of sulfone groups is 1. The van der Waals surface area contributed by atoms with Gasteiger partial charge in [-0.2, -0.15) is 0 Å². The molecule has 8 heteroatoms. The summed E-state index contributed by atoms with van der Waals surface area (Å²) in [5.74, 6) is -1.63. The molecule has 1 saturated carbocycles. The van der Waals surface area contributed by atoms with E-state index < -0.39 is 33.1 Å². The Morgan fingerprint density at radius 3 is 2.50 bits per heavy atom. The van der Waals surface area contributed by atoms with Crippen molar-refractivity contribution in [3.8, 4) is 0 Å². The predicted octanol–water partition coefficient (Wildman–Crippen LogP) is 1.61. The molecule has 0 aromatic heterocycles. The number of rotatable bonds is 8. The number of carboxylic acids is 1. The lowest BCUT2D eigenvalue weighted by Gasteiger charge is -2.28. The summed E-state index contributed by atoms with van der Waals surface area (Å²) in [6, 6.07) is 5.21. The monoisotopic (exact) mass is 383 g/mol. The molecule has 1 aliphatic carbocycles. The number of amides is 1. The first kappa shape index (κ1) is 20.4. The molecule has 1 aliphatic rings. The summed E-state index contributed by atoms with van der Waals surface area (Å²) in [6.07, 6.45) is 1.91. The second kappa shape index (κ2) is 8.18. The average molecular weight is 383 g/mol. The van der Waals surface area contributed by atoms with Gasteiger partial charge in [-0.3, -0.25) is 4.79 Å². The Balaban J connectivity index is 2.21. The van der Waals surface area contributed by atoms with Gasteiger partial charge in [0.1, 0.15) is 6.61 Å². The highest BCUT2D eigenvalue weighted by Gasteiger charge is 2.53. The zero-order chi connectivity index (χ0) is 19.4. The Bertz CT molecular complexity index is 781. The second-order valence-corrected chi connectivity index (χ2v) is 8.90. The van der Waals surface area contributed by atoms with Crippen LogP contribution >= 0.6 is 0 Å². The van der Waals surface area contributed by atoms with Crippen molar-refractivity contribution in [3.63, 3.8) is 0 Å². The molecule has 0 saturated heterocycles. The zero-order valence-corrected chi connectivity index (χ0v) is 15.9. The number of benzene rings is 1. The summed E-state index contributed by atoms with van der Waals surface area (Å²) < 4.78 is 30.2. The maximum atomic E-state index is 13.4. The summed E-state index contributed by atoms with van der Waals surface area (Å²) in [6.45, 7) is 3.17. The highest BCUT2D eigenvalue weighted by molar-refractivity contribution is 7.93. The van der Waals surface area contributed by atoms with Crippen LogP contribution in [0, 0.1) is 13.8 Å². The molecule has 1 fully saturated rings. The van der Waals surface area contributed by atoms with E-state index in [2.05, 4.69) is 5.32 Å².